The first kappa shape index (κ1) is 53.3. The molecule has 1 aromatic heterocycles. The van der Waals surface area contributed by atoms with Gasteiger partial charge in [0.05, 0.1) is 31.4 Å². The maximum absolute atomic E-state index is 13.5. The topological polar surface area (TPSA) is 306 Å². The predicted octanol–water partition coefficient (Wildman–Crippen LogP) is -6.96. The average Bonchev–Trinajstić information content (AvgIpc) is 3.51. The Kier molecular flexibility index (Phi) is 19.0. The van der Waals surface area contributed by atoms with Crippen molar-refractivity contribution in [1.29, 1.82) is 0 Å². The number of thiazole rings is 1. The van der Waals surface area contributed by atoms with Gasteiger partial charge in [0.2, 0.25) is 0 Å². The Labute approximate surface area is 429 Å². The summed E-state index contributed by atoms with van der Waals surface area (Å²) >= 11 is 0.784. The molecule has 284 valence electrons. The summed E-state index contributed by atoms with van der Waals surface area (Å²) in [4.78, 5) is 18.1. The van der Waals surface area contributed by atoms with E-state index >= 15 is 0 Å². The second-order valence-electron chi connectivity index (χ2n) is 11.6. The first-order valence-electron chi connectivity index (χ1n) is 15.2. The van der Waals surface area contributed by atoms with Gasteiger partial charge in [0.1, 0.15) is 35.8 Å². The van der Waals surface area contributed by atoms with Crippen LogP contribution in [0.3, 0.4) is 0 Å². The molecule has 5 aromatic carbocycles. The molecule has 3 N–H and O–H groups in total. The van der Waals surface area contributed by atoms with Crippen molar-refractivity contribution < 1.29 is 172 Å². The second-order valence-corrected chi connectivity index (χ2v) is 16.6. The van der Waals surface area contributed by atoms with Gasteiger partial charge in [0, 0.05) is 16.9 Å². The predicted molar refractivity (Wildman–Crippen MR) is 195 cm³/mol. The number of aryl methyl sites for hydroxylation is 1. The summed E-state index contributed by atoms with van der Waals surface area (Å²) in [5.41, 5.74) is -0.456. The smallest absolute Gasteiger partial charge is 0.871 e. The van der Waals surface area contributed by atoms with Crippen LogP contribution in [0.25, 0.3) is 31.6 Å². The number of carbonyl (C=O) groups excluding carboxylic acids is 1. The van der Waals surface area contributed by atoms with E-state index in [-0.39, 0.29) is 161 Å². The summed E-state index contributed by atoms with van der Waals surface area (Å²) in [5.74, 6) is -1.51. The van der Waals surface area contributed by atoms with Gasteiger partial charge in [0.25, 0.3) is 10.1 Å². The zero-order valence-corrected chi connectivity index (χ0v) is 43.1. The Morgan fingerprint density at radius 2 is 1.39 bits per heavy atom. The fourth-order valence-electron chi connectivity index (χ4n) is 5.34. The SMILES string of the molecule is CC([O-])=Nc1ccc(NC(=O)Nc2ccc3c([O-])c(N=Nc4ccc(-c5nc6ccc(C)c(S(=O)(=O)O)c6s5)cc4S(=O)(=O)[O-])c(S(=O)(=O)[O-])cc3c2)cc1.[Na+].[Na+].[Na+].[Na+]. The molecule has 0 saturated heterocycles. The van der Waals surface area contributed by atoms with Crippen LogP contribution in [-0.4, -0.2) is 55.8 Å². The fourth-order valence-corrected chi connectivity index (χ4v) is 8.93. The number of anilines is 2. The zero-order chi connectivity index (χ0) is 40.0. The standard InChI is InChI=1S/C33H26N6O12S4.4Na/c1-16-3-11-25-30(31(16)55(49,50)51)52-32(37-25)18-4-12-24(26(14-18)53(43,44)45)38-39-28-27(54(46,47)48)15-19-13-22(9-10-23(19)29(28)41)36-33(42)35-21-7-5-20(6-8-21)34-17(2)40;;;;/h3-15,41H,1-2H3,(H,34,40)(H2,35,36,42)(H,43,44,45)(H,46,47,48)(H,49,50,51);;;;/q;4*+1/p-4. The van der Waals surface area contributed by atoms with Crippen LogP contribution in [0.1, 0.15) is 12.5 Å². The van der Waals surface area contributed by atoms with Gasteiger partial charge in [-0.25, -0.2) is 26.6 Å². The zero-order valence-electron chi connectivity index (χ0n) is 31.9. The number of rotatable bonds is 9. The van der Waals surface area contributed by atoms with E-state index in [4.69, 9.17) is 0 Å². The Balaban J connectivity index is 0.00000300. The minimum atomic E-state index is -5.43. The molecule has 0 radical (unpaired) electrons. The van der Waals surface area contributed by atoms with Crippen LogP contribution in [0.5, 0.6) is 5.75 Å². The monoisotopic (exact) mass is 914 g/mol. The normalized spacial score (nSPS) is 11.9. The van der Waals surface area contributed by atoms with Crippen LogP contribution in [0.2, 0.25) is 0 Å². The molecule has 1 heterocycles. The molecule has 6 rings (SSSR count). The number of amides is 2. The van der Waals surface area contributed by atoms with E-state index in [9.17, 15) is 53.9 Å². The van der Waals surface area contributed by atoms with E-state index < -0.39 is 74.1 Å². The number of carbonyl (C=O) groups is 1. The Morgan fingerprint density at radius 3 is 1.98 bits per heavy atom. The van der Waals surface area contributed by atoms with Gasteiger partial charge < -0.3 is 30.0 Å². The number of hydrogen-bond acceptors (Lipinski definition) is 16. The third kappa shape index (κ3) is 12.6. The molecule has 26 heteroatoms. The number of azo groups is 1. The third-order valence-electron chi connectivity index (χ3n) is 7.67. The van der Waals surface area contributed by atoms with E-state index in [1.165, 1.54) is 74.5 Å². The molecule has 0 aliphatic carbocycles. The number of fused-ring (bicyclic) bond motifs is 2. The molecule has 2 amide bonds. The van der Waals surface area contributed by atoms with Gasteiger partial charge in [-0.15, -0.1) is 21.6 Å². The van der Waals surface area contributed by atoms with Crippen molar-refractivity contribution in [3.05, 3.63) is 84.4 Å². The van der Waals surface area contributed by atoms with Crippen molar-refractivity contribution in [2.45, 2.75) is 28.5 Å². The molecule has 0 bridgehead atoms. The minimum Gasteiger partial charge on any atom is -0.871 e. The first-order valence-corrected chi connectivity index (χ1v) is 20.3. The van der Waals surface area contributed by atoms with Crippen molar-refractivity contribution in [2.75, 3.05) is 10.6 Å². The molecule has 18 nitrogen and oxygen atoms in total. The summed E-state index contributed by atoms with van der Waals surface area (Å²) in [7, 11) is -15.4. The quantitative estimate of drug-likeness (QED) is 0.0400. The summed E-state index contributed by atoms with van der Waals surface area (Å²) in [5, 5.41) is 36.7. The Bertz CT molecular complexity index is 2980. The summed E-state index contributed by atoms with van der Waals surface area (Å²) < 4.78 is 108. The minimum absolute atomic E-state index is 0. The average molecular weight is 915 g/mol. The van der Waals surface area contributed by atoms with Gasteiger partial charge in [-0.1, -0.05) is 17.9 Å². The van der Waals surface area contributed by atoms with E-state index in [1.54, 1.807) is 0 Å². The van der Waals surface area contributed by atoms with E-state index in [0.717, 1.165) is 29.5 Å². The number of nitrogens with zero attached hydrogens (tertiary/aromatic N) is 4. The summed E-state index contributed by atoms with van der Waals surface area (Å²) in [6.45, 7) is 2.73. The van der Waals surface area contributed by atoms with Gasteiger partial charge in [-0.3, -0.25) is 9.55 Å². The van der Waals surface area contributed by atoms with E-state index in [2.05, 4.69) is 30.8 Å². The Morgan fingerprint density at radius 1 is 0.780 bits per heavy atom. The molecule has 0 aliphatic heterocycles. The van der Waals surface area contributed by atoms with Crippen LogP contribution in [0.4, 0.5) is 33.2 Å². The fraction of sp³-hybridized carbons (Fsp3) is 0.0606. The molecular weight excluding hydrogens is 893 g/mol. The summed E-state index contributed by atoms with van der Waals surface area (Å²) in [6, 6.07) is 15.8. The maximum Gasteiger partial charge on any atom is 1.00 e. The number of aliphatic imine (C=N–C) groups is 1. The molecular formula is C33H22N6Na4O12S4. The number of hydrogen-bond donors (Lipinski definition) is 3. The van der Waals surface area contributed by atoms with Gasteiger partial charge in [-0.05, 0) is 103 Å². The van der Waals surface area contributed by atoms with Crippen molar-refractivity contribution in [3.8, 4) is 16.3 Å². The van der Waals surface area contributed by atoms with Gasteiger partial charge >= 0.3 is 124 Å². The van der Waals surface area contributed by atoms with E-state index in [1.807, 2.05) is 0 Å². The largest absolute Gasteiger partial charge is 1.00 e. The van der Waals surface area contributed by atoms with E-state index in [0.29, 0.717) is 11.4 Å². The van der Waals surface area contributed by atoms with Crippen molar-refractivity contribution in [2.24, 2.45) is 15.2 Å². The Hall–Kier alpha value is -1.88. The number of urea groups is 1. The van der Waals surface area contributed by atoms with Crippen molar-refractivity contribution in [1.82, 2.24) is 4.98 Å². The van der Waals surface area contributed by atoms with Gasteiger partial charge in [-0.2, -0.15) is 8.42 Å². The summed E-state index contributed by atoms with van der Waals surface area (Å²) in [6.07, 6.45) is 0. The molecule has 0 aliphatic rings. The molecule has 0 unspecified atom stereocenters. The van der Waals surface area contributed by atoms with Crippen LogP contribution in [-0.2, 0) is 30.4 Å². The molecule has 0 fully saturated rings. The van der Waals surface area contributed by atoms with Crippen molar-refractivity contribution >= 4 is 103 Å². The molecule has 6 aromatic rings. The molecule has 59 heavy (non-hydrogen) atoms. The number of benzene rings is 5. The molecule has 0 spiro atoms. The third-order valence-corrected chi connectivity index (χ3v) is 11.7. The first-order chi connectivity index (χ1) is 25.7. The van der Waals surface area contributed by atoms with Gasteiger partial charge in [0.15, 0.2) is 0 Å². The number of nitrogens with one attached hydrogen (secondary N) is 2. The number of aromatic nitrogens is 1. The molecule has 0 atom stereocenters. The van der Waals surface area contributed by atoms with Crippen LogP contribution < -0.4 is 139 Å². The van der Waals surface area contributed by atoms with Crippen molar-refractivity contribution in [3.63, 3.8) is 0 Å². The second kappa shape index (κ2) is 21.0. The van der Waals surface area contributed by atoms with Crippen LogP contribution >= 0.6 is 11.3 Å². The van der Waals surface area contributed by atoms with Crippen LogP contribution in [0, 0.1) is 6.92 Å². The van der Waals surface area contributed by atoms with Crippen LogP contribution in [0.15, 0.2) is 109 Å². The maximum atomic E-state index is 13.5. The molecule has 0 saturated carbocycles.